The third-order valence-electron chi connectivity index (χ3n) is 4.91. The summed E-state index contributed by atoms with van der Waals surface area (Å²) in [7, 11) is 0. The number of amides is 1. The van der Waals surface area contributed by atoms with Gasteiger partial charge in [-0.05, 0) is 43.2 Å². The van der Waals surface area contributed by atoms with E-state index in [4.69, 9.17) is 0 Å². The van der Waals surface area contributed by atoms with Crippen molar-refractivity contribution >= 4 is 5.91 Å². The molecule has 1 aromatic rings. The number of aromatic nitrogens is 1. The van der Waals surface area contributed by atoms with Gasteiger partial charge in [0.25, 0.3) is 0 Å². The fraction of sp³-hybridized carbons (Fsp3) is 0.688. The van der Waals surface area contributed by atoms with Gasteiger partial charge in [-0.1, -0.05) is 19.3 Å². The molecule has 0 radical (unpaired) electrons. The highest BCUT2D eigenvalue weighted by Crippen LogP contribution is 2.61. The maximum absolute atomic E-state index is 12.1. The molecule has 0 bridgehead atoms. The van der Waals surface area contributed by atoms with E-state index in [1.165, 1.54) is 32.1 Å². The van der Waals surface area contributed by atoms with Crippen LogP contribution in [0.15, 0.2) is 24.5 Å². The Balaban J connectivity index is 1.36. The number of aryl methyl sites for hydroxylation is 1. The molecule has 2 aliphatic carbocycles. The molecule has 2 aliphatic rings. The van der Waals surface area contributed by atoms with Gasteiger partial charge in [0.15, 0.2) is 0 Å². The summed E-state index contributed by atoms with van der Waals surface area (Å²) in [6, 6.07) is 4.07. The van der Waals surface area contributed by atoms with Gasteiger partial charge in [0.1, 0.15) is 0 Å². The van der Waals surface area contributed by atoms with Crippen LogP contribution in [-0.2, 0) is 11.3 Å². The zero-order chi connectivity index (χ0) is 13.1. The van der Waals surface area contributed by atoms with E-state index in [-0.39, 0.29) is 0 Å². The number of hydrogen-bond donors (Lipinski definition) is 1. The molecule has 1 aromatic heterocycles. The Hall–Kier alpha value is -1.25. The molecule has 3 rings (SSSR count). The van der Waals surface area contributed by atoms with Gasteiger partial charge < -0.3 is 9.88 Å². The first kappa shape index (κ1) is 12.8. The third-order valence-corrected chi connectivity index (χ3v) is 4.91. The van der Waals surface area contributed by atoms with Crippen molar-refractivity contribution in [1.29, 1.82) is 0 Å². The lowest BCUT2D eigenvalue weighted by Gasteiger charge is -2.22. The molecular formula is C16H24N2O. The van der Waals surface area contributed by atoms with Crippen molar-refractivity contribution in [2.45, 2.75) is 51.5 Å². The fourth-order valence-corrected chi connectivity index (χ4v) is 3.64. The predicted octanol–water partition coefficient (Wildman–Crippen LogP) is 2.96. The van der Waals surface area contributed by atoms with Crippen LogP contribution in [0.25, 0.3) is 0 Å². The van der Waals surface area contributed by atoms with Crippen LogP contribution in [0.5, 0.6) is 0 Å². The van der Waals surface area contributed by atoms with Crippen molar-refractivity contribution in [2.24, 2.45) is 11.3 Å². The van der Waals surface area contributed by atoms with Crippen molar-refractivity contribution < 1.29 is 4.79 Å². The molecule has 0 saturated heterocycles. The summed E-state index contributed by atoms with van der Waals surface area (Å²) in [4.78, 5) is 12.1. The van der Waals surface area contributed by atoms with Crippen LogP contribution in [0.1, 0.15) is 44.9 Å². The van der Waals surface area contributed by atoms with Crippen molar-refractivity contribution in [2.75, 3.05) is 6.54 Å². The Bertz CT molecular complexity index is 418. The van der Waals surface area contributed by atoms with Crippen LogP contribution < -0.4 is 5.32 Å². The number of carbonyl (C=O) groups is 1. The van der Waals surface area contributed by atoms with E-state index in [9.17, 15) is 4.79 Å². The molecule has 1 spiro atoms. The fourth-order valence-electron chi connectivity index (χ4n) is 3.64. The quantitative estimate of drug-likeness (QED) is 0.811. The standard InChI is InChI=1S/C16H24N2O/c19-15(14-13-16(14)7-2-1-3-8-16)17-9-6-12-18-10-4-5-11-18/h4-5,10-11,14H,1-3,6-9,12-13H2,(H,17,19). The summed E-state index contributed by atoms with van der Waals surface area (Å²) in [6.07, 6.45) is 12.9. The Kier molecular flexibility index (Phi) is 3.63. The van der Waals surface area contributed by atoms with Crippen LogP contribution in [-0.4, -0.2) is 17.0 Å². The van der Waals surface area contributed by atoms with Gasteiger partial charge in [0.2, 0.25) is 5.91 Å². The molecule has 1 amide bonds. The highest BCUT2D eigenvalue weighted by molar-refractivity contribution is 5.82. The second-order valence-corrected chi connectivity index (χ2v) is 6.25. The molecule has 19 heavy (non-hydrogen) atoms. The van der Waals surface area contributed by atoms with Crippen LogP contribution >= 0.6 is 0 Å². The first-order chi connectivity index (χ1) is 9.30. The Morgan fingerprint density at radius 3 is 2.68 bits per heavy atom. The average Bonchev–Trinajstić information content (AvgIpc) is 2.89. The topological polar surface area (TPSA) is 34.0 Å². The predicted molar refractivity (Wildman–Crippen MR) is 75.7 cm³/mol. The first-order valence-corrected chi connectivity index (χ1v) is 7.69. The van der Waals surface area contributed by atoms with Crippen molar-refractivity contribution in [3.05, 3.63) is 24.5 Å². The Morgan fingerprint density at radius 2 is 1.95 bits per heavy atom. The van der Waals surface area contributed by atoms with Crippen LogP contribution in [0.2, 0.25) is 0 Å². The van der Waals surface area contributed by atoms with Gasteiger partial charge >= 0.3 is 0 Å². The van der Waals surface area contributed by atoms with E-state index in [2.05, 4.69) is 22.3 Å². The van der Waals surface area contributed by atoms with Crippen molar-refractivity contribution in [3.63, 3.8) is 0 Å². The van der Waals surface area contributed by atoms with E-state index in [1.807, 2.05) is 12.1 Å². The summed E-state index contributed by atoms with van der Waals surface area (Å²) in [6.45, 7) is 1.80. The molecule has 1 N–H and O–H groups in total. The van der Waals surface area contributed by atoms with E-state index in [0.717, 1.165) is 25.9 Å². The summed E-state index contributed by atoms with van der Waals surface area (Å²) < 4.78 is 2.16. The number of carbonyl (C=O) groups excluding carboxylic acids is 1. The molecule has 2 fully saturated rings. The number of nitrogens with one attached hydrogen (secondary N) is 1. The first-order valence-electron chi connectivity index (χ1n) is 7.69. The van der Waals surface area contributed by atoms with Gasteiger partial charge in [-0.25, -0.2) is 0 Å². The largest absolute Gasteiger partial charge is 0.356 e. The smallest absolute Gasteiger partial charge is 0.223 e. The molecule has 0 aliphatic heterocycles. The lowest BCUT2D eigenvalue weighted by Crippen LogP contribution is -2.29. The van der Waals surface area contributed by atoms with Crippen LogP contribution in [0.3, 0.4) is 0 Å². The van der Waals surface area contributed by atoms with Gasteiger partial charge in [-0.3, -0.25) is 4.79 Å². The number of nitrogens with zero attached hydrogens (tertiary/aromatic N) is 1. The maximum Gasteiger partial charge on any atom is 0.223 e. The minimum Gasteiger partial charge on any atom is -0.356 e. The zero-order valence-electron chi connectivity index (χ0n) is 11.6. The highest BCUT2D eigenvalue weighted by Gasteiger charge is 2.57. The summed E-state index contributed by atoms with van der Waals surface area (Å²) in [5, 5.41) is 3.13. The van der Waals surface area contributed by atoms with Gasteiger partial charge in [0, 0.05) is 31.4 Å². The molecule has 3 nitrogen and oxygen atoms in total. The molecule has 1 heterocycles. The summed E-state index contributed by atoms with van der Waals surface area (Å²) in [5.74, 6) is 0.647. The minimum absolute atomic E-state index is 0.314. The third kappa shape index (κ3) is 2.85. The molecule has 104 valence electrons. The van der Waals surface area contributed by atoms with Crippen LogP contribution in [0, 0.1) is 11.3 Å². The van der Waals surface area contributed by atoms with Crippen molar-refractivity contribution in [3.8, 4) is 0 Å². The highest BCUT2D eigenvalue weighted by atomic mass is 16.2. The maximum atomic E-state index is 12.1. The van der Waals surface area contributed by atoms with Gasteiger partial charge in [-0.2, -0.15) is 0 Å². The second kappa shape index (κ2) is 5.40. The van der Waals surface area contributed by atoms with E-state index in [1.54, 1.807) is 0 Å². The van der Waals surface area contributed by atoms with Gasteiger partial charge in [0.05, 0.1) is 0 Å². The Labute approximate surface area is 115 Å². The average molecular weight is 260 g/mol. The van der Waals surface area contributed by atoms with Crippen LogP contribution in [0.4, 0.5) is 0 Å². The lowest BCUT2D eigenvalue weighted by molar-refractivity contribution is -0.123. The van der Waals surface area contributed by atoms with Crippen molar-refractivity contribution in [1.82, 2.24) is 9.88 Å². The summed E-state index contributed by atoms with van der Waals surface area (Å²) in [5.41, 5.74) is 0.419. The Morgan fingerprint density at radius 1 is 1.21 bits per heavy atom. The normalized spacial score (nSPS) is 24.3. The zero-order valence-corrected chi connectivity index (χ0v) is 11.6. The lowest BCUT2D eigenvalue weighted by atomic mass is 9.84. The van der Waals surface area contributed by atoms with E-state index in [0.29, 0.717) is 17.2 Å². The second-order valence-electron chi connectivity index (χ2n) is 6.25. The molecule has 2 saturated carbocycles. The molecule has 1 atom stereocenters. The number of rotatable bonds is 5. The molecule has 1 unspecified atom stereocenters. The monoisotopic (exact) mass is 260 g/mol. The van der Waals surface area contributed by atoms with E-state index < -0.39 is 0 Å². The molecule has 0 aromatic carbocycles. The summed E-state index contributed by atoms with van der Waals surface area (Å²) >= 11 is 0. The molecular weight excluding hydrogens is 236 g/mol. The van der Waals surface area contributed by atoms with Gasteiger partial charge in [-0.15, -0.1) is 0 Å². The SMILES string of the molecule is O=C(NCCCn1cccc1)C1CC12CCCCC2. The number of hydrogen-bond acceptors (Lipinski definition) is 1. The van der Waals surface area contributed by atoms with E-state index >= 15 is 0 Å². The molecule has 3 heteroatoms. The minimum atomic E-state index is 0.314.